The maximum atomic E-state index is 6.02. The van der Waals surface area contributed by atoms with Gasteiger partial charge in [-0.2, -0.15) is 11.8 Å². The molecule has 5 heteroatoms. The molecule has 1 aliphatic rings. The third kappa shape index (κ3) is 3.01. The molecule has 1 aromatic heterocycles. The molecule has 1 aromatic rings. The van der Waals surface area contributed by atoms with Crippen LogP contribution in [0.25, 0.3) is 0 Å². The number of halogens is 1. The van der Waals surface area contributed by atoms with Gasteiger partial charge in [-0.3, -0.25) is 0 Å². The van der Waals surface area contributed by atoms with Crippen molar-refractivity contribution in [3.63, 3.8) is 0 Å². The van der Waals surface area contributed by atoms with Crippen molar-refractivity contribution >= 4 is 29.2 Å². The average Bonchev–Trinajstić information content (AvgIpc) is 2.30. The van der Waals surface area contributed by atoms with Crippen LogP contribution in [0.4, 0.5) is 5.82 Å². The first-order valence-corrected chi connectivity index (χ1v) is 7.19. The Labute approximate surface area is 106 Å². The van der Waals surface area contributed by atoms with Gasteiger partial charge in [0, 0.05) is 37.1 Å². The van der Waals surface area contributed by atoms with Crippen molar-refractivity contribution in [2.24, 2.45) is 0 Å². The van der Waals surface area contributed by atoms with Crippen LogP contribution < -0.4 is 4.90 Å². The predicted molar refractivity (Wildman–Crippen MR) is 70.6 cm³/mol. The van der Waals surface area contributed by atoms with Gasteiger partial charge in [-0.1, -0.05) is 18.5 Å². The van der Waals surface area contributed by atoms with E-state index in [-0.39, 0.29) is 0 Å². The van der Waals surface area contributed by atoms with Gasteiger partial charge in [-0.15, -0.1) is 0 Å². The van der Waals surface area contributed by atoms with E-state index in [1.165, 1.54) is 11.5 Å². The molecule has 0 aromatic carbocycles. The molecule has 0 radical (unpaired) electrons. The Balaban J connectivity index is 2.18. The lowest BCUT2D eigenvalue weighted by Gasteiger charge is -2.27. The Bertz CT molecular complexity index is 353. The maximum absolute atomic E-state index is 6.02. The molecule has 0 N–H and O–H groups in total. The van der Waals surface area contributed by atoms with E-state index in [1.54, 1.807) is 0 Å². The average molecular weight is 258 g/mol. The molecule has 0 saturated carbocycles. The van der Waals surface area contributed by atoms with Crippen LogP contribution >= 0.6 is 23.4 Å². The SMILES string of the molecule is CCCc1nc(Cl)cc(N2CCSCC2)n1. The lowest BCUT2D eigenvalue weighted by molar-refractivity contribution is 0.794. The molecule has 0 amide bonds. The molecule has 88 valence electrons. The Morgan fingerprint density at radius 1 is 1.38 bits per heavy atom. The van der Waals surface area contributed by atoms with Gasteiger partial charge in [0.2, 0.25) is 0 Å². The molecule has 3 nitrogen and oxygen atoms in total. The minimum atomic E-state index is 0.562. The Morgan fingerprint density at radius 2 is 2.12 bits per heavy atom. The number of rotatable bonds is 3. The Kier molecular flexibility index (Phi) is 4.29. The van der Waals surface area contributed by atoms with Crippen LogP contribution in [-0.2, 0) is 6.42 Å². The van der Waals surface area contributed by atoms with Gasteiger partial charge in [0.1, 0.15) is 16.8 Å². The molecule has 0 atom stereocenters. The first-order valence-electron chi connectivity index (χ1n) is 5.65. The van der Waals surface area contributed by atoms with Crippen molar-refractivity contribution in [2.45, 2.75) is 19.8 Å². The van der Waals surface area contributed by atoms with E-state index >= 15 is 0 Å². The number of aromatic nitrogens is 2. The third-order valence-electron chi connectivity index (χ3n) is 2.54. The second kappa shape index (κ2) is 5.73. The van der Waals surface area contributed by atoms with E-state index in [2.05, 4.69) is 21.8 Å². The highest BCUT2D eigenvalue weighted by Gasteiger charge is 2.14. The largest absolute Gasteiger partial charge is 0.355 e. The highest BCUT2D eigenvalue weighted by atomic mass is 35.5. The van der Waals surface area contributed by atoms with Crippen LogP contribution in [0.3, 0.4) is 0 Å². The smallest absolute Gasteiger partial charge is 0.134 e. The van der Waals surface area contributed by atoms with Crippen LogP contribution in [0.1, 0.15) is 19.2 Å². The molecule has 1 saturated heterocycles. The van der Waals surface area contributed by atoms with E-state index in [0.29, 0.717) is 5.15 Å². The fourth-order valence-electron chi connectivity index (χ4n) is 1.74. The van der Waals surface area contributed by atoms with Crippen molar-refractivity contribution in [3.05, 3.63) is 17.0 Å². The quantitative estimate of drug-likeness (QED) is 0.779. The zero-order valence-corrected chi connectivity index (χ0v) is 11.0. The van der Waals surface area contributed by atoms with Crippen molar-refractivity contribution < 1.29 is 0 Å². The number of hydrogen-bond donors (Lipinski definition) is 0. The van der Waals surface area contributed by atoms with Gasteiger partial charge in [0.15, 0.2) is 0 Å². The summed E-state index contributed by atoms with van der Waals surface area (Å²) in [7, 11) is 0. The highest BCUT2D eigenvalue weighted by molar-refractivity contribution is 7.99. The van der Waals surface area contributed by atoms with Crippen LogP contribution in [0.5, 0.6) is 0 Å². The molecule has 2 rings (SSSR count). The molecular formula is C11H16ClN3S. The molecule has 1 aliphatic heterocycles. The Morgan fingerprint density at radius 3 is 2.81 bits per heavy atom. The number of anilines is 1. The van der Waals surface area contributed by atoms with E-state index < -0.39 is 0 Å². The van der Waals surface area contributed by atoms with Gasteiger partial charge in [0.25, 0.3) is 0 Å². The summed E-state index contributed by atoms with van der Waals surface area (Å²) in [4.78, 5) is 11.1. The molecule has 2 heterocycles. The topological polar surface area (TPSA) is 29.0 Å². The second-order valence-electron chi connectivity index (χ2n) is 3.81. The van der Waals surface area contributed by atoms with Crippen LogP contribution in [0.2, 0.25) is 5.15 Å². The monoisotopic (exact) mass is 257 g/mol. The van der Waals surface area contributed by atoms with Crippen molar-refractivity contribution in [2.75, 3.05) is 29.5 Å². The second-order valence-corrected chi connectivity index (χ2v) is 5.43. The summed E-state index contributed by atoms with van der Waals surface area (Å²) in [6, 6.07) is 1.87. The molecule has 1 fully saturated rings. The highest BCUT2D eigenvalue weighted by Crippen LogP contribution is 2.20. The number of thioether (sulfide) groups is 1. The van der Waals surface area contributed by atoms with Gasteiger partial charge in [-0.05, 0) is 6.42 Å². The maximum Gasteiger partial charge on any atom is 0.134 e. The zero-order valence-electron chi connectivity index (χ0n) is 9.45. The Hall–Kier alpha value is -0.480. The molecule has 0 unspecified atom stereocenters. The molecule has 0 aliphatic carbocycles. The molecule has 0 spiro atoms. The van der Waals surface area contributed by atoms with Crippen molar-refractivity contribution in [3.8, 4) is 0 Å². The van der Waals surface area contributed by atoms with Crippen molar-refractivity contribution in [1.29, 1.82) is 0 Å². The minimum Gasteiger partial charge on any atom is -0.355 e. The van der Waals surface area contributed by atoms with Gasteiger partial charge in [0.05, 0.1) is 0 Å². The number of nitrogens with zero attached hydrogens (tertiary/aromatic N) is 3. The summed E-state index contributed by atoms with van der Waals surface area (Å²) < 4.78 is 0. The molecule has 0 bridgehead atoms. The minimum absolute atomic E-state index is 0.562. The van der Waals surface area contributed by atoms with Crippen LogP contribution in [0.15, 0.2) is 6.07 Å². The van der Waals surface area contributed by atoms with E-state index in [9.17, 15) is 0 Å². The van der Waals surface area contributed by atoms with Gasteiger partial charge in [-0.25, -0.2) is 9.97 Å². The summed E-state index contributed by atoms with van der Waals surface area (Å²) in [6.45, 7) is 4.24. The standard InChI is InChI=1S/C11H16ClN3S/c1-2-3-10-13-9(12)8-11(14-10)15-4-6-16-7-5-15/h8H,2-7H2,1H3. The normalized spacial score (nSPS) is 16.5. The van der Waals surface area contributed by atoms with Crippen LogP contribution in [0, 0.1) is 0 Å². The fourth-order valence-corrected chi connectivity index (χ4v) is 2.84. The lowest BCUT2D eigenvalue weighted by Crippen LogP contribution is -2.33. The fraction of sp³-hybridized carbons (Fsp3) is 0.636. The zero-order chi connectivity index (χ0) is 11.4. The lowest BCUT2D eigenvalue weighted by atomic mass is 10.3. The summed E-state index contributed by atoms with van der Waals surface area (Å²) in [5.74, 6) is 4.20. The van der Waals surface area contributed by atoms with Crippen molar-refractivity contribution in [1.82, 2.24) is 9.97 Å². The summed E-state index contributed by atoms with van der Waals surface area (Å²) in [5.41, 5.74) is 0. The van der Waals surface area contributed by atoms with E-state index in [0.717, 1.165) is 37.6 Å². The summed E-state index contributed by atoms with van der Waals surface area (Å²) in [5, 5.41) is 0.562. The van der Waals surface area contributed by atoms with E-state index in [4.69, 9.17) is 11.6 Å². The molecule has 16 heavy (non-hydrogen) atoms. The first-order chi connectivity index (χ1) is 7.79. The predicted octanol–water partition coefficient (Wildman–Crippen LogP) is 2.64. The van der Waals surface area contributed by atoms with E-state index in [1.807, 2.05) is 17.8 Å². The van der Waals surface area contributed by atoms with Gasteiger partial charge < -0.3 is 4.90 Å². The third-order valence-corrected chi connectivity index (χ3v) is 3.67. The first kappa shape index (κ1) is 12.0. The number of hydrogen-bond acceptors (Lipinski definition) is 4. The number of aryl methyl sites for hydroxylation is 1. The summed E-state index contributed by atoms with van der Waals surface area (Å²) >= 11 is 8.02. The summed E-state index contributed by atoms with van der Waals surface area (Å²) in [6.07, 6.45) is 1.95. The molecular weight excluding hydrogens is 242 g/mol. The van der Waals surface area contributed by atoms with Gasteiger partial charge >= 0.3 is 0 Å². The van der Waals surface area contributed by atoms with Crippen LogP contribution in [-0.4, -0.2) is 34.6 Å².